The lowest BCUT2D eigenvalue weighted by Gasteiger charge is -2.10. The number of nitrogens with zero attached hydrogens (tertiary/aromatic N) is 2. The molecule has 0 atom stereocenters. The molecule has 33 heavy (non-hydrogen) atoms. The highest BCUT2D eigenvalue weighted by Crippen LogP contribution is 2.37. The second kappa shape index (κ2) is 10.5. The van der Waals surface area contributed by atoms with Crippen LogP contribution < -0.4 is 16.0 Å². The standard InChI is InChI=1S/C24H21ClFN5OS/c1-27-10-9-21-31-22(15-7-11-28-12-8-15)23(33-21)16-3-2-4-18(13-16)29-24(32)30-20-6-5-17(25)14-19(20)26/h2-8,11-14,27H,9-10H2,1H3,(H2,29,30,32). The number of carbonyl (C=O) groups excluding carboxylic acids is 1. The van der Waals surface area contributed by atoms with Crippen LogP contribution in [-0.2, 0) is 6.42 Å². The number of anilines is 2. The first kappa shape index (κ1) is 22.8. The quantitative estimate of drug-likeness (QED) is 0.299. The second-order valence-corrected chi connectivity index (χ2v) is 8.68. The third kappa shape index (κ3) is 5.73. The van der Waals surface area contributed by atoms with Crippen LogP contribution in [0.15, 0.2) is 67.0 Å². The maximum Gasteiger partial charge on any atom is 0.323 e. The smallest absolute Gasteiger partial charge is 0.319 e. The zero-order valence-electron chi connectivity index (χ0n) is 17.7. The SMILES string of the molecule is CNCCc1nc(-c2ccncc2)c(-c2cccc(NC(=O)Nc3ccc(Cl)cc3F)c2)s1. The van der Waals surface area contributed by atoms with Gasteiger partial charge in [-0.2, -0.15) is 0 Å². The molecule has 0 unspecified atom stereocenters. The van der Waals surface area contributed by atoms with Crippen molar-refractivity contribution in [1.82, 2.24) is 15.3 Å². The van der Waals surface area contributed by atoms with Gasteiger partial charge in [0.2, 0.25) is 0 Å². The molecular formula is C24H21ClFN5OS. The number of amides is 2. The summed E-state index contributed by atoms with van der Waals surface area (Å²) in [4.78, 5) is 22.4. The van der Waals surface area contributed by atoms with Crippen molar-refractivity contribution in [1.29, 1.82) is 0 Å². The molecule has 6 nitrogen and oxygen atoms in total. The summed E-state index contributed by atoms with van der Waals surface area (Å²) in [5, 5.41) is 9.68. The van der Waals surface area contributed by atoms with Gasteiger partial charge in [-0.15, -0.1) is 11.3 Å². The molecule has 0 aliphatic heterocycles. The first-order chi connectivity index (χ1) is 16.0. The monoisotopic (exact) mass is 481 g/mol. The Kier molecular flexibility index (Phi) is 7.29. The molecule has 0 bridgehead atoms. The largest absolute Gasteiger partial charge is 0.323 e. The number of halogens is 2. The summed E-state index contributed by atoms with van der Waals surface area (Å²) < 4.78 is 14.0. The van der Waals surface area contributed by atoms with Crippen LogP contribution in [0.1, 0.15) is 5.01 Å². The van der Waals surface area contributed by atoms with Gasteiger partial charge in [-0.25, -0.2) is 14.2 Å². The predicted octanol–water partition coefficient (Wildman–Crippen LogP) is 6.07. The van der Waals surface area contributed by atoms with Crippen LogP contribution in [0.2, 0.25) is 5.02 Å². The highest BCUT2D eigenvalue weighted by atomic mass is 35.5. The van der Waals surface area contributed by atoms with Gasteiger partial charge in [0.25, 0.3) is 0 Å². The number of pyridine rings is 1. The molecule has 0 fully saturated rings. The van der Waals surface area contributed by atoms with Gasteiger partial charge in [-0.3, -0.25) is 4.98 Å². The minimum Gasteiger partial charge on any atom is -0.319 e. The highest BCUT2D eigenvalue weighted by molar-refractivity contribution is 7.15. The first-order valence-electron chi connectivity index (χ1n) is 10.2. The first-order valence-corrected chi connectivity index (χ1v) is 11.4. The van der Waals surface area contributed by atoms with E-state index < -0.39 is 11.8 Å². The van der Waals surface area contributed by atoms with E-state index in [1.165, 1.54) is 12.1 Å². The van der Waals surface area contributed by atoms with Crippen molar-refractivity contribution in [2.24, 2.45) is 0 Å². The normalized spacial score (nSPS) is 10.8. The van der Waals surface area contributed by atoms with Crippen LogP contribution in [0.5, 0.6) is 0 Å². The van der Waals surface area contributed by atoms with Crippen LogP contribution in [0.4, 0.5) is 20.6 Å². The zero-order valence-corrected chi connectivity index (χ0v) is 19.3. The van der Waals surface area contributed by atoms with E-state index >= 15 is 0 Å². The fourth-order valence-corrected chi connectivity index (χ4v) is 4.46. The van der Waals surface area contributed by atoms with Crippen LogP contribution in [0.25, 0.3) is 21.7 Å². The average Bonchev–Trinajstić information content (AvgIpc) is 3.25. The van der Waals surface area contributed by atoms with Crippen molar-refractivity contribution in [3.05, 3.63) is 82.8 Å². The molecule has 0 saturated carbocycles. The molecule has 3 N–H and O–H groups in total. The number of urea groups is 1. The third-order valence-corrected chi connectivity index (χ3v) is 6.18. The number of hydrogen-bond donors (Lipinski definition) is 3. The van der Waals surface area contributed by atoms with Gasteiger partial charge in [0.1, 0.15) is 5.82 Å². The molecule has 0 saturated heterocycles. The summed E-state index contributed by atoms with van der Waals surface area (Å²) >= 11 is 7.39. The lowest BCUT2D eigenvalue weighted by Crippen LogP contribution is -2.20. The summed E-state index contributed by atoms with van der Waals surface area (Å²) in [7, 11) is 1.91. The Morgan fingerprint density at radius 3 is 2.64 bits per heavy atom. The summed E-state index contributed by atoms with van der Waals surface area (Å²) in [6, 6.07) is 14.9. The molecule has 0 aliphatic carbocycles. The van der Waals surface area contributed by atoms with Crippen LogP contribution in [-0.4, -0.2) is 29.6 Å². The molecule has 2 aromatic heterocycles. The molecule has 168 valence electrons. The lowest BCUT2D eigenvalue weighted by atomic mass is 10.1. The summed E-state index contributed by atoms with van der Waals surface area (Å²) in [5.74, 6) is -0.604. The number of likely N-dealkylation sites (N-methyl/N-ethyl adjacent to an activating group) is 1. The number of thiazole rings is 1. The number of nitrogens with one attached hydrogen (secondary N) is 3. The van der Waals surface area contributed by atoms with E-state index in [9.17, 15) is 9.18 Å². The van der Waals surface area contributed by atoms with Crippen molar-refractivity contribution < 1.29 is 9.18 Å². The lowest BCUT2D eigenvalue weighted by molar-refractivity contribution is 0.262. The molecule has 2 heterocycles. The Morgan fingerprint density at radius 2 is 1.88 bits per heavy atom. The topological polar surface area (TPSA) is 78.9 Å². The minimum atomic E-state index is -0.604. The molecular weight excluding hydrogens is 461 g/mol. The molecule has 4 aromatic rings. The Hall–Kier alpha value is -3.33. The van der Waals surface area contributed by atoms with Crippen LogP contribution in [0.3, 0.4) is 0 Å². The Morgan fingerprint density at radius 1 is 1.06 bits per heavy atom. The summed E-state index contributed by atoms with van der Waals surface area (Å²) in [6.45, 7) is 0.825. The number of carbonyl (C=O) groups is 1. The van der Waals surface area contributed by atoms with Crippen LogP contribution in [0, 0.1) is 5.82 Å². The summed E-state index contributed by atoms with van der Waals surface area (Å²) in [6.07, 6.45) is 4.29. The Labute approximate surface area is 199 Å². The molecule has 0 aliphatic rings. The Balaban J connectivity index is 1.59. The molecule has 4 rings (SSSR count). The summed E-state index contributed by atoms with van der Waals surface area (Å²) in [5.41, 5.74) is 3.39. The molecule has 0 spiro atoms. The number of rotatable bonds is 7. The molecule has 2 aromatic carbocycles. The van der Waals surface area contributed by atoms with Crippen molar-refractivity contribution in [2.75, 3.05) is 24.2 Å². The van der Waals surface area contributed by atoms with Crippen molar-refractivity contribution in [2.45, 2.75) is 6.42 Å². The fourth-order valence-electron chi connectivity index (χ4n) is 3.22. The minimum absolute atomic E-state index is 0.0460. The van der Waals surface area contributed by atoms with Gasteiger partial charge in [-0.1, -0.05) is 23.7 Å². The van der Waals surface area contributed by atoms with Crippen LogP contribution >= 0.6 is 22.9 Å². The van der Waals surface area contributed by atoms with E-state index in [2.05, 4.69) is 20.9 Å². The molecule has 2 amide bonds. The van der Waals surface area contributed by atoms with E-state index in [-0.39, 0.29) is 10.7 Å². The van der Waals surface area contributed by atoms with Crippen molar-refractivity contribution in [3.8, 4) is 21.7 Å². The number of benzene rings is 2. The van der Waals surface area contributed by atoms with Gasteiger partial charge >= 0.3 is 6.03 Å². The van der Waals surface area contributed by atoms with E-state index in [0.717, 1.165) is 45.7 Å². The van der Waals surface area contributed by atoms with Gasteiger partial charge < -0.3 is 16.0 Å². The fraction of sp³-hybridized carbons (Fsp3) is 0.125. The van der Waals surface area contributed by atoms with Crippen molar-refractivity contribution in [3.63, 3.8) is 0 Å². The number of aromatic nitrogens is 2. The maximum absolute atomic E-state index is 14.0. The second-order valence-electron chi connectivity index (χ2n) is 7.16. The van der Waals surface area contributed by atoms with E-state index in [1.807, 2.05) is 37.4 Å². The molecule has 0 radical (unpaired) electrons. The van der Waals surface area contributed by atoms with Gasteiger partial charge in [0.05, 0.1) is 21.3 Å². The van der Waals surface area contributed by atoms with Crippen molar-refractivity contribution >= 4 is 40.3 Å². The number of hydrogen-bond acceptors (Lipinski definition) is 5. The third-order valence-electron chi connectivity index (χ3n) is 4.78. The highest BCUT2D eigenvalue weighted by Gasteiger charge is 2.16. The Bertz CT molecular complexity index is 1260. The zero-order chi connectivity index (χ0) is 23.2. The average molecular weight is 482 g/mol. The predicted molar refractivity (Wildman–Crippen MR) is 132 cm³/mol. The van der Waals surface area contributed by atoms with E-state index in [1.54, 1.807) is 29.8 Å². The van der Waals surface area contributed by atoms with E-state index in [4.69, 9.17) is 16.6 Å². The van der Waals surface area contributed by atoms with E-state index in [0.29, 0.717) is 5.69 Å². The molecule has 9 heteroatoms. The van der Waals surface area contributed by atoms with Gasteiger partial charge in [0, 0.05) is 41.6 Å². The van der Waals surface area contributed by atoms with Gasteiger partial charge in [-0.05, 0) is 55.1 Å². The maximum atomic E-state index is 14.0. The van der Waals surface area contributed by atoms with Gasteiger partial charge in [0.15, 0.2) is 0 Å².